The number of ether oxygens (including phenoxy) is 4. The number of carbonyl (C=O) groups excluding carboxylic acids is 4. The van der Waals surface area contributed by atoms with Gasteiger partial charge in [0, 0.05) is 25.5 Å². The number of aryl methyl sites for hydroxylation is 2. The number of pyridine rings is 2. The summed E-state index contributed by atoms with van der Waals surface area (Å²) >= 11 is 2.72. The fourth-order valence-electron chi connectivity index (χ4n) is 5.91. The maximum Gasteiger partial charge on any atom is 0.344 e. The molecule has 6 aromatic heterocycles. The molecule has 2 N–H and O–H groups in total. The predicted molar refractivity (Wildman–Crippen MR) is 243 cm³/mol. The molecule has 6 heterocycles. The minimum Gasteiger partial charge on any atom is -0.463 e. The van der Waals surface area contributed by atoms with Gasteiger partial charge in [-0.15, -0.1) is 22.7 Å². The molecule has 0 aliphatic heterocycles. The Kier molecular flexibility index (Phi) is 16.5. The summed E-state index contributed by atoms with van der Waals surface area (Å²) in [4.78, 5) is 85.6. The van der Waals surface area contributed by atoms with Crippen molar-refractivity contribution < 1.29 is 38.1 Å². The lowest BCUT2D eigenvalue weighted by Crippen LogP contribution is -2.29. The molecule has 65 heavy (non-hydrogen) atoms. The monoisotopic (exact) mass is 918 g/mol. The summed E-state index contributed by atoms with van der Waals surface area (Å²) in [6, 6.07) is 23.2. The molecule has 0 amide bonds. The molecule has 334 valence electrons. The molecule has 7 rings (SSSR count). The predicted octanol–water partition coefficient (Wildman–Crippen LogP) is 6.88. The molecular formula is C45H42N8O10S2. The van der Waals surface area contributed by atoms with E-state index in [1.165, 1.54) is 44.4 Å². The number of hydrogen-bond donors (Lipinski definition) is 2. The van der Waals surface area contributed by atoms with E-state index in [-0.39, 0.29) is 47.1 Å². The van der Waals surface area contributed by atoms with Gasteiger partial charge in [0.15, 0.2) is 13.2 Å². The van der Waals surface area contributed by atoms with Gasteiger partial charge in [-0.25, -0.2) is 28.5 Å². The van der Waals surface area contributed by atoms with E-state index in [9.17, 15) is 28.8 Å². The van der Waals surface area contributed by atoms with Crippen LogP contribution in [0, 0.1) is 0 Å². The fourth-order valence-corrected chi connectivity index (χ4v) is 7.34. The van der Waals surface area contributed by atoms with E-state index < -0.39 is 48.2 Å². The van der Waals surface area contributed by atoms with Crippen molar-refractivity contribution in [3.63, 3.8) is 0 Å². The Labute approximate surface area is 379 Å². The number of anilines is 4. The fraction of sp³-hybridized carbons (Fsp3) is 0.200. The highest BCUT2D eigenvalue weighted by Gasteiger charge is 2.28. The molecule has 1 aromatic carbocycles. The zero-order valence-corrected chi connectivity index (χ0v) is 36.9. The Morgan fingerprint density at radius 1 is 0.585 bits per heavy atom. The smallest absolute Gasteiger partial charge is 0.344 e. The number of rotatable bonds is 17. The Morgan fingerprint density at radius 3 is 1.46 bits per heavy atom. The number of benzene rings is 1. The lowest BCUT2D eigenvalue weighted by atomic mass is 10.1. The summed E-state index contributed by atoms with van der Waals surface area (Å²) in [5, 5.41) is 18.4. The molecule has 18 nitrogen and oxygen atoms in total. The van der Waals surface area contributed by atoms with Crippen LogP contribution >= 0.6 is 22.7 Å². The van der Waals surface area contributed by atoms with Gasteiger partial charge in [-0.3, -0.25) is 19.6 Å². The molecule has 20 heteroatoms. The molecule has 0 aliphatic rings. The van der Waals surface area contributed by atoms with Gasteiger partial charge in [-0.1, -0.05) is 42.5 Å². The molecule has 0 bridgehead atoms. The van der Waals surface area contributed by atoms with E-state index in [2.05, 4.69) is 30.8 Å². The van der Waals surface area contributed by atoms with Gasteiger partial charge < -0.3 is 29.6 Å². The van der Waals surface area contributed by atoms with Gasteiger partial charge in [0.25, 0.3) is 11.1 Å². The van der Waals surface area contributed by atoms with Gasteiger partial charge in [-0.05, 0) is 73.5 Å². The summed E-state index contributed by atoms with van der Waals surface area (Å²) in [5.74, 6) is -3.12. The SMILES string of the molecule is CCOC(=O)COC(=O)c1c(-c2cccs2)nn(CC)c(=O)c1Nc1cccnc1.CCn1nc(-c2cccs2)c(C(=O)OCC(=O)OCc2ccccc2)c(Nc2cccnc2)c1=O. The van der Waals surface area contributed by atoms with Crippen molar-refractivity contribution in [1.29, 1.82) is 0 Å². The van der Waals surface area contributed by atoms with E-state index in [1.54, 1.807) is 69.6 Å². The lowest BCUT2D eigenvalue weighted by Gasteiger charge is -2.16. The van der Waals surface area contributed by atoms with Crippen molar-refractivity contribution in [2.24, 2.45) is 0 Å². The van der Waals surface area contributed by atoms with Gasteiger partial charge in [0.1, 0.15) is 40.5 Å². The van der Waals surface area contributed by atoms with Crippen LogP contribution in [-0.2, 0) is 48.2 Å². The Hall–Kier alpha value is -7.84. The van der Waals surface area contributed by atoms with Gasteiger partial charge in [0.05, 0.1) is 40.1 Å². The normalized spacial score (nSPS) is 10.5. The lowest BCUT2D eigenvalue weighted by molar-refractivity contribution is -0.148. The van der Waals surface area contributed by atoms with Gasteiger partial charge in [-0.2, -0.15) is 10.2 Å². The van der Waals surface area contributed by atoms with Crippen LogP contribution in [0.1, 0.15) is 47.1 Å². The molecule has 7 aromatic rings. The van der Waals surface area contributed by atoms with Crippen LogP contribution in [0.3, 0.4) is 0 Å². The highest BCUT2D eigenvalue weighted by Crippen LogP contribution is 2.32. The van der Waals surface area contributed by atoms with Crippen LogP contribution in [0.2, 0.25) is 0 Å². The number of hydrogen-bond acceptors (Lipinski definition) is 18. The third-order valence-corrected chi connectivity index (χ3v) is 10.6. The molecule has 0 aliphatic carbocycles. The number of esters is 4. The van der Waals surface area contributed by atoms with E-state index in [1.807, 2.05) is 53.2 Å². The highest BCUT2D eigenvalue weighted by atomic mass is 32.1. The van der Waals surface area contributed by atoms with Gasteiger partial charge in [0.2, 0.25) is 0 Å². The molecular weight excluding hydrogens is 877 g/mol. The molecule has 0 fully saturated rings. The molecule has 0 spiro atoms. The number of carbonyl (C=O) groups is 4. The summed E-state index contributed by atoms with van der Waals surface area (Å²) < 4.78 is 22.9. The number of nitrogens with zero attached hydrogens (tertiary/aromatic N) is 6. The van der Waals surface area contributed by atoms with E-state index in [0.717, 1.165) is 5.56 Å². The largest absolute Gasteiger partial charge is 0.463 e. The average molecular weight is 919 g/mol. The summed E-state index contributed by atoms with van der Waals surface area (Å²) in [7, 11) is 0. The van der Waals surface area contributed by atoms with Crippen LogP contribution in [0.15, 0.2) is 124 Å². The van der Waals surface area contributed by atoms with Gasteiger partial charge >= 0.3 is 23.9 Å². The average Bonchev–Trinajstić information content (AvgIpc) is 4.08. The number of aromatic nitrogens is 6. The molecule has 0 radical (unpaired) electrons. The van der Waals surface area contributed by atoms with Crippen LogP contribution in [0.5, 0.6) is 0 Å². The first-order valence-electron chi connectivity index (χ1n) is 20.0. The molecule has 0 saturated heterocycles. The van der Waals surface area contributed by atoms with Crippen LogP contribution in [0.25, 0.3) is 21.1 Å². The van der Waals surface area contributed by atoms with Crippen molar-refractivity contribution in [2.75, 3.05) is 30.5 Å². The first-order valence-corrected chi connectivity index (χ1v) is 21.8. The van der Waals surface area contributed by atoms with E-state index in [4.69, 9.17) is 18.9 Å². The first kappa shape index (κ1) is 46.7. The third kappa shape index (κ3) is 12.2. The summed E-state index contributed by atoms with van der Waals surface area (Å²) in [6.45, 7) is 4.84. The van der Waals surface area contributed by atoms with Crippen LogP contribution < -0.4 is 21.8 Å². The minimum absolute atomic E-state index is 0.00268. The van der Waals surface area contributed by atoms with Crippen molar-refractivity contribution in [3.8, 4) is 21.1 Å². The second-order valence-corrected chi connectivity index (χ2v) is 15.1. The van der Waals surface area contributed by atoms with E-state index in [0.29, 0.717) is 34.2 Å². The molecule has 0 atom stereocenters. The summed E-state index contributed by atoms with van der Waals surface area (Å²) in [5.41, 5.74) is 1.25. The number of thiophene rings is 2. The van der Waals surface area contributed by atoms with Crippen molar-refractivity contribution in [2.45, 2.75) is 40.5 Å². The zero-order valence-electron chi connectivity index (χ0n) is 35.3. The Bertz CT molecular complexity index is 2820. The molecule has 0 saturated carbocycles. The Morgan fingerprint density at radius 2 is 1.06 bits per heavy atom. The van der Waals surface area contributed by atoms with E-state index >= 15 is 0 Å². The third-order valence-electron chi connectivity index (χ3n) is 8.88. The van der Waals surface area contributed by atoms with Crippen molar-refractivity contribution in [1.82, 2.24) is 29.5 Å². The highest BCUT2D eigenvalue weighted by molar-refractivity contribution is 7.13. The quantitative estimate of drug-likeness (QED) is 0.0701. The molecule has 0 unspecified atom stereocenters. The topological polar surface area (TPSA) is 225 Å². The minimum atomic E-state index is -0.871. The maximum atomic E-state index is 13.2. The first-order chi connectivity index (χ1) is 31.6. The summed E-state index contributed by atoms with van der Waals surface area (Å²) in [6.07, 6.45) is 6.23. The standard InChI is InChI=1S/C25H22N4O5S.C20H20N4O5S/c1-2-29-24(31)23(27-18-10-6-12-26-14-18)21(22(28-29)19-11-7-13-35-19)25(32)34-16-20(30)33-15-17-8-4-3-5-9-17;1-3-24-19(26)18(22-13-7-5-9-21-11-13)16(17(23-24)14-8-6-10-30-14)20(27)29-12-15(25)28-4-2/h3-14,27H,2,15-16H2,1H3;5-11,22H,3-4,12H2,1-2H3. The van der Waals surface area contributed by atoms with Crippen molar-refractivity contribution >= 4 is 69.3 Å². The maximum absolute atomic E-state index is 13.2. The van der Waals surface area contributed by atoms with Crippen molar-refractivity contribution in [3.05, 3.63) is 152 Å². The second-order valence-electron chi connectivity index (χ2n) is 13.2. The van der Waals surface area contributed by atoms with Crippen LogP contribution in [-0.4, -0.2) is 73.2 Å². The van der Waals surface area contributed by atoms with Crippen LogP contribution in [0.4, 0.5) is 22.7 Å². The zero-order chi connectivity index (χ0) is 46.1. The number of nitrogens with one attached hydrogen (secondary N) is 2. The second kappa shape index (κ2) is 23.0. The Balaban J connectivity index is 0.000000218.